The Kier molecular flexibility index (Phi) is 7.96. The van der Waals surface area contributed by atoms with Crippen molar-refractivity contribution in [3.63, 3.8) is 0 Å². The van der Waals surface area contributed by atoms with Crippen LogP contribution >= 0.6 is 0 Å². The molecule has 0 heterocycles. The van der Waals surface area contributed by atoms with Crippen LogP contribution < -0.4 is 0 Å². The Bertz CT molecular complexity index is 141. The van der Waals surface area contributed by atoms with Gasteiger partial charge in [-0.3, -0.25) is 0 Å². The second-order valence-corrected chi connectivity index (χ2v) is 4.57. The monoisotopic (exact) mass is 220 g/mol. The van der Waals surface area contributed by atoms with Gasteiger partial charge in [0.15, 0.2) is 6.29 Å². The minimum absolute atomic E-state index is 0.0907. The maximum atomic E-state index is 5.45. The number of hydrogen-bond donors (Lipinski definition) is 0. The standard InChI is InChI=1S/C11H26NO3/c1-6-11(13-5)15-10-9-14-8-7-12(2,3)4/h11H,6-10H2,1-5H3/q+1. The van der Waals surface area contributed by atoms with Crippen LogP contribution in [0, 0.1) is 0 Å². The molecule has 0 fully saturated rings. The van der Waals surface area contributed by atoms with Crippen LogP contribution in [0.4, 0.5) is 0 Å². The van der Waals surface area contributed by atoms with E-state index in [0.29, 0.717) is 13.2 Å². The first-order chi connectivity index (χ1) is 6.99. The number of ether oxygens (including phenoxy) is 3. The Morgan fingerprint density at radius 2 is 1.73 bits per heavy atom. The quantitative estimate of drug-likeness (QED) is 0.331. The molecule has 0 aliphatic rings. The van der Waals surface area contributed by atoms with Crippen LogP contribution in [0.1, 0.15) is 13.3 Å². The average Bonchev–Trinajstić information content (AvgIpc) is 2.15. The van der Waals surface area contributed by atoms with Crippen LogP contribution in [-0.4, -0.2) is 65.4 Å². The van der Waals surface area contributed by atoms with Crippen molar-refractivity contribution in [2.24, 2.45) is 0 Å². The first kappa shape index (κ1) is 14.8. The first-order valence-corrected chi connectivity index (χ1v) is 5.52. The summed E-state index contributed by atoms with van der Waals surface area (Å²) in [4.78, 5) is 0. The summed E-state index contributed by atoms with van der Waals surface area (Å²) in [6.45, 7) is 5.06. The summed E-state index contributed by atoms with van der Waals surface area (Å²) in [5.74, 6) is 0. The molecule has 15 heavy (non-hydrogen) atoms. The van der Waals surface area contributed by atoms with Gasteiger partial charge in [0, 0.05) is 7.11 Å². The minimum Gasteiger partial charge on any atom is -0.373 e. The fourth-order valence-electron chi connectivity index (χ4n) is 1.03. The van der Waals surface area contributed by atoms with E-state index in [2.05, 4.69) is 21.1 Å². The lowest BCUT2D eigenvalue weighted by molar-refractivity contribution is -0.870. The van der Waals surface area contributed by atoms with E-state index in [0.717, 1.165) is 24.1 Å². The number of methoxy groups -OCH3 is 1. The molecule has 0 rings (SSSR count). The highest BCUT2D eigenvalue weighted by atomic mass is 16.7. The molecule has 0 aromatic rings. The van der Waals surface area contributed by atoms with E-state index >= 15 is 0 Å². The molecule has 92 valence electrons. The lowest BCUT2D eigenvalue weighted by Gasteiger charge is -2.23. The van der Waals surface area contributed by atoms with Crippen LogP contribution in [0.2, 0.25) is 0 Å². The molecule has 0 aliphatic heterocycles. The summed E-state index contributed by atoms with van der Waals surface area (Å²) in [7, 11) is 8.11. The highest BCUT2D eigenvalue weighted by Gasteiger charge is 2.06. The second kappa shape index (κ2) is 8.05. The molecule has 1 atom stereocenters. The first-order valence-electron chi connectivity index (χ1n) is 5.52. The van der Waals surface area contributed by atoms with Gasteiger partial charge in [0.2, 0.25) is 0 Å². The van der Waals surface area contributed by atoms with Crippen molar-refractivity contribution in [2.45, 2.75) is 19.6 Å². The summed E-state index contributed by atoms with van der Waals surface area (Å²) in [5, 5.41) is 0. The second-order valence-electron chi connectivity index (χ2n) is 4.57. The predicted molar refractivity (Wildman–Crippen MR) is 60.8 cm³/mol. The van der Waals surface area contributed by atoms with E-state index in [9.17, 15) is 0 Å². The summed E-state index contributed by atoms with van der Waals surface area (Å²) >= 11 is 0. The van der Waals surface area contributed by atoms with Gasteiger partial charge in [0.05, 0.1) is 41.0 Å². The Balaban J connectivity index is 3.25. The Labute approximate surface area is 93.7 Å². The summed E-state index contributed by atoms with van der Waals surface area (Å²) < 4.78 is 16.9. The number of rotatable bonds is 9. The Morgan fingerprint density at radius 3 is 2.20 bits per heavy atom. The zero-order valence-corrected chi connectivity index (χ0v) is 10.8. The van der Waals surface area contributed by atoms with Gasteiger partial charge in [-0.05, 0) is 6.42 Å². The molecule has 4 heteroatoms. The molecule has 0 radical (unpaired) electrons. The van der Waals surface area contributed by atoms with Crippen molar-refractivity contribution in [2.75, 3.05) is 54.6 Å². The highest BCUT2D eigenvalue weighted by Crippen LogP contribution is 1.97. The van der Waals surface area contributed by atoms with E-state index in [1.54, 1.807) is 7.11 Å². The number of nitrogens with zero attached hydrogens (tertiary/aromatic N) is 1. The highest BCUT2D eigenvalue weighted by molar-refractivity contribution is 4.38. The van der Waals surface area contributed by atoms with Crippen LogP contribution in [0.5, 0.6) is 0 Å². The van der Waals surface area contributed by atoms with Crippen LogP contribution in [-0.2, 0) is 14.2 Å². The molecule has 0 bridgehead atoms. The molecule has 4 nitrogen and oxygen atoms in total. The van der Waals surface area contributed by atoms with Gasteiger partial charge in [-0.2, -0.15) is 0 Å². The van der Waals surface area contributed by atoms with Gasteiger partial charge in [-0.1, -0.05) is 6.92 Å². The smallest absolute Gasteiger partial charge is 0.157 e. The Morgan fingerprint density at radius 1 is 1.07 bits per heavy atom. The molecule has 1 unspecified atom stereocenters. The average molecular weight is 220 g/mol. The number of quaternary nitrogens is 1. The van der Waals surface area contributed by atoms with Gasteiger partial charge in [-0.25, -0.2) is 0 Å². The molecule has 0 aliphatic carbocycles. The Hall–Kier alpha value is -0.160. The van der Waals surface area contributed by atoms with Crippen LogP contribution in [0.25, 0.3) is 0 Å². The van der Waals surface area contributed by atoms with Gasteiger partial charge >= 0.3 is 0 Å². The third kappa shape index (κ3) is 10.1. The normalized spacial score (nSPS) is 14.2. The van der Waals surface area contributed by atoms with E-state index in [-0.39, 0.29) is 6.29 Å². The minimum atomic E-state index is -0.0907. The zero-order chi connectivity index (χ0) is 11.7. The van der Waals surface area contributed by atoms with Crippen molar-refractivity contribution in [1.29, 1.82) is 0 Å². The predicted octanol–water partition coefficient (Wildman–Crippen LogP) is 1.11. The zero-order valence-electron chi connectivity index (χ0n) is 10.8. The number of hydrogen-bond acceptors (Lipinski definition) is 3. The van der Waals surface area contributed by atoms with Gasteiger partial charge in [0.1, 0.15) is 6.54 Å². The maximum absolute atomic E-state index is 5.45. The van der Waals surface area contributed by atoms with Crippen LogP contribution in [0.15, 0.2) is 0 Å². The van der Waals surface area contributed by atoms with Crippen molar-refractivity contribution >= 4 is 0 Å². The molecule has 0 N–H and O–H groups in total. The topological polar surface area (TPSA) is 27.7 Å². The van der Waals surface area contributed by atoms with Gasteiger partial charge in [-0.15, -0.1) is 0 Å². The molecule has 0 aromatic heterocycles. The molecule has 0 aromatic carbocycles. The molecular weight excluding hydrogens is 194 g/mol. The van der Waals surface area contributed by atoms with Gasteiger partial charge < -0.3 is 18.7 Å². The van der Waals surface area contributed by atoms with Crippen LogP contribution in [0.3, 0.4) is 0 Å². The van der Waals surface area contributed by atoms with Crippen molar-refractivity contribution in [3.05, 3.63) is 0 Å². The summed E-state index contributed by atoms with van der Waals surface area (Å²) in [6, 6.07) is 0. The lowest BCUT2D eigenvalue weighted by Crippen LogP contribution is -2.37. The molecule has 0 saturated heterocycles. The summed E-state index contributed by atoms with van der Waals surface area (Å²) in [5.41, 5.74) is 0. The van der Waals surface area contributed by atoms with Crippen molar-refractivity contribution < 1.29 is 18.7 Å². The number of likely N-dealkylation sites (N-methyl/N-ethyl adjacent to an activating group) is 1. The molecule has 0 amide bonds. The fourth-order valence-corrected chi connectivity index (χ4v) is 1.03. The van der Waals surface area contributed by atoms with Crippen molar-refractivity contribution in [3.8, 4) is 0 Å². The molecule has 0 saturated carbocycles. The third-order valence-corrected chi connectivity index (χ3v) is 2.03. The van der Waals surface area contributed by atoms with E-state index in [4.69, 9.17) is 14.2 Å². The van der Waals surface area contributed by atoms with E-state index in [1.807, 2.05) is 6.92 Å². The third-order valence-electron chi connectivity index (χ3n) is 2.03. The van der Waals surface area contributed by atoms with E-state index in [1.165, 1.54) is 0 Å². The molecule has 0 spiro atoms. The maximum Gasteiger partial charge on any atom is 0.157 e. The SMILES string of the molecule is CCC(OC)OCCOCC[N+](C)(C)C. The fraction of sp³-hybridized carbons (Fsp3) is 1.00. The molecular formula is C11H26NO3+. The summed E-state index contributed by atoms with van der Waals surface area (Å²) in [6.07, 6.45) is 0.780. The van der Waals surface area contributed by atoms with Crippen molar-refractivity contribution in [1.82, 2.24) is 0 Å². The largest absolute Gasteiger partial charge is 0.373 e. The van der Waals surface area contributed by atoms with Gasteiger partial charge in [0.25, 0.3) is 0 Å². The lowest BCUT2D eigenvalue weighted by atomic mass is 10.5. The van der Waals surface area contributed by atoms with E-state index < -0.39 is 0 Å².